The third-order valence-electron chi connectivity index (χ3n) is 6.99. The molecule has 3 aliphatic rings. The molecule has 1 aromatic heterocycles. The van der Waals surface area contributed by atoms with Gasteiger partial charge in [-0.25, -0.2) is 4.79 Å². The number of benzene rings is 1. The Balaban J connectivity index is 1.51. The minimum Gasteiger partial charge on any atom is -0.459 e. The molecule has 1 saturated heterocycles. The number of carbonyl (C=O) groups is 2. The van der Waals surface area contributed by atoms with Crippen LogP contribution in [0.15, 0.2) is 64.3 Å². The Morgan fingerprint density at radius 3 is 2.61 bits per heavy atom. The molecule has 3 atom stereocenters. The molecule has 1 aromatic carbocycles. The van der Waals surface area contributed by atoms with Crippen LogP contribution < -0.4 is 5.32 Å². The molecule has 1 aliphatic carbocycles. The van der Waals surface area contributed by atoms with E-state index in [9.17, 15) is 22.8 Å². The SMILES string of the molecule is CC1=C(C(=O)OC[C@@H]2CCCO2)[C@H](c2ccc(C(F)(F)F)cc2)C2=C(C[C@@H](c3cccs3)CC2=O)N1. The van der Waals surface area contributed by atoms with Gasteiger partial charge >= 0.3 is 12.1 Å². The highest BCUT2D eigenvalue weighted by atomic mass is 32.1. The summed E-state index contributed by atoms with van der Waals surface area (Å²) in [5, 5.41) is 5.23. The van der Waals surface area contributed by atoms with Crippen molar-refractivity contribution in [2.45, 2.75) is 56.7 Å². The van der Waals surface area contributed by atoms with Crippen molar-refractivity contribution in [1.29, 1.82) is 0 Å². The fraction of sp³-hybridized carbons (Fsp3) is 0.407. The van der Waals surface area contributed by atoms with E-state index in [1.165, 1.54) is 12.1 Å². The number of halogens is 3. The molecule has 0 radical (unpaired) electrons. The Kier molecular flexibility index (Phi) is 6.78. The highest BCUT2D eigenvalue weighted by molar-refractivity contribution is 7.10. The van der Waals surface area contributed by atoms with Gasteiger partial charge < -0.3 is 14.8 Å². The van der Waals surface area contributed by atoms with Crippen molar-refractivity contribution in [3.63, 3.8) is 0 Å². The molecule has 0 unspecified atom stereocenters. The number of rotatable bonds is 5. The van der Waals surface area contributed by atoms with E-state index in [2.05, 4.69) is 5.32 Å². The number of esters is 1. The van der Waals surface area contributed by atoms with Gasteiger partial charge in [0.25, 0.3) is 0 Å². The molecular weight excluding hydrogens is 491 g/mol. The Labute approximate surface area is 211 Å². The van der Waals surface area contributed by atoms with Crippen LogP contribution in [-0.4, -0.2) is 31.1 Å². The molecule has 3 heterocycles. The summed E-state index contributed by atoms with van der Waals surface area (Å²) in [5.41, 5.74) is 1.58. The molecule has 0 spiro atoms. The van der Waals surface area contributed by atoms with E-state index in [4.69, 9.17) is 9.47 Å². The number of ether oxygens (including phenoxy) is 2. The second-order valence-electron chi connectivity index (χ2n) is 9.39. The average molecular weight is 518 g/mol. The lowest BCUT2D eigenvalue weighted by atomic mass is 9.72. The first-order chi connectivity index (χ1) is 17.2. The van der Waals surface area contributed by atoms with Crippen molar-refractivity contribution in [2.75, 3.05) is 13.2 Å². The van der Waals surface area contributed by atoms with Crippen LogP contribution in [-0.2, 0) is 25.2 Å². The molecule has 1 fully saturated rings. The first-order valence-electron chi connectivity index (χ1n) is 12.0. The quantitative estimate of drug-likeness (QED) is 0.504. The standard InChI is InChI=1S/C27H26F3NO4S/c1-15-23(26(33)35-14-19-4-2-10-34-19)24(16-6-8-18(9-7-16)27(28,29)30)25-20(31-15)12-17(13-21(25)32)22-5-3-11-36-22/h3,5-9,11,17,19,24,31H,2,4,10,12-14H2,1H3/t17-,19+,24+/m1/s1. The number of hydrogen-bond acceptors (Lipinski definition) is 6. The predicted molar refractivity (Wildman–Crippen MR) is 128 cm³/mol. The zero-order chi connectivity index (χ0) is 25.4. The van der Waals surface area contributed by atoms with Crippen molar-refractivity contribution < 1.29 is 32.2 Å². The third-order valence-corrected chi connectivity index (χ3v) is 8.02. The Hall–Kier alpha value is -2.91. The maximum atomic E-state index is 13.5. The summed E-state index contributed by atoms with van der Waals surface area (Å²) in [4.78, 5) is 27.9. The van der Waals surface area contributed by atoms with Crippen molar-refractivity contribution in [2.24, 2.45) is 0 Å². The van der Waals surface area contributed by atoms with Crippen molar-refractivity contribution in [3.05, 3.63) is 80.3 Å². The van der Waals surface area contributed by atoms with Gasteiger partial charge in [-0.1, -0.05) is 18.2 Å². The summed E-state index contributed by atoms with van der Waals surface area (Å²) in [6.07, 6.45) is -2.11. The number of dihydropyridines is 1. The summed E-state index contributed by atoms with van der Waals surface area (Å²) in [7, 11) is 0. The second-order valence-corrected chi connectivity index (χ2v) is 10.4. The lowest BCUT2D eigenvalue weighted by molar-refractivity contribution is -0.142. The largest absolute Gasteiger partial charge is 0.459 e. The lowest BCUT2D eigenvalue weighted by Crippen LogP contribution is -2.36. The summed E-state index contributed by atoms with van der Waals surface area (Å²) in [6.45, 7) is 2.45. The van der Waals surface area contributed by atoms with Crippen LogP contribution in [0.2, 0.25) is 0 Å². The molecule has 190 valence electrons. The van der Waals surface area contributed by atoms with E-state index in [0.717, 1.165) is 29.9 Å². The van der Waals surface area contributed by atoms with E-state index in [-0.39, 0.29) is 36.4 Å². The molecule has 36 heavy (non-hydrogen) atoms. The number of carbonyl (C=O) groups excluding carboxylic acids is 2. The Bertz CT molecular complexity index is 1210. The lowest BCUT2D eigenvalue weighted by Gasteiger charge is -2.36. The molecule has 2 aliphatic heterocycles. The molecule has 2 aromatic rings. The maximum absolute atomic E-state index is 13.5. The number of thiophene rings is 1. The van der Waals surface area contributed by atoms with Crippen LogP contribution in [0.5, 0.6) is 0 Å². The summed E-state index contributed by atoms with van der Waals surface area (Å²) in [5.74, 6) is -1.51. The normalized spacial score (nSPS) is 24.6. The van der Waals surface area contributed by atoms with Gasteiger partial charge in [-0.3, -0.25) is 4.79 Å². The van der Waals surface area contributed by atoms with E-state index in [0.29, 0.717) is 35.6 Å². The number of allylic oxidation sites excluding steroid dienone is 3. The summed E-state index contributed by atoms with van der Waals surface area (Å²) >= 11 is 1.59. The van der Waals surface area contributed by atoms with Crippen LogP contribution in [0.1, 0.15) is 60.4 Å². The van der Waals surface area contributed by atoms with E-state index in [1.54, 1.807) is 18.3 Å². The minimum absolute atomic E-state index is 0.0119. The number of alkyl halides is 3. The summed E-state index contributed by atoms with van der Waals surface area (Å²) in [6, 6.07) is 8.63. The van der Waals surface area contributed by atoms with Gasteiger partial charge in [-0.15, -0.1) is 11.3 Å². The smallest absolute Gasteiger partial charge is 0.416 e. The van der Waals surface area contributed by atoms with E-state index >= 15 is 0 Å². The molecule has 0 amide bonds. The molecule has 5 nitrogen and oxygen atoms in total. The molecule has 1 N–H and O–H groups in total. The number of Topliss-reactive ketones (excluding diaryl/α,β-unsaturated/α-hetero) is 1. The molecule has 5 rings (SSSR count). The zero-order valence-electron chi connectivity index (χ0n) is 19.7. The van der Waals surface area contributed by atoms with Crippen molar-refractivity contribution in [3.8, 4) is 0 Å². The molecule has 0 bridgehead atoms. The van der Waals surface area contributed by atoms with Gasteiger partial charge in [0.05, 0.1) is 17.2 Å². The third kappa shape index (κ3) is 4.86. The monoisotopic (exact) mass is 517 g/mol. The predicted octanol–water partition coefficient (Wildman–Crippen LogP) is 5.85. The van der Waals surface area contributed by atoms with Gasteiger partial charge in [0.1, 0.15) is 6.61 Å². The van der Waals surface area contributed by atoms with Crippen LogP contribution in [0, 0.1) is 0 Å². The fourth-order valence-corrected chi connectivity index (χ4v) is 6.08. The highest BCUT2D eigenvalue weighted by Gasteiger charge is 2.42. The van der Waals surface area contributed by atoms with Gasteiger partial charge in [-0.2, -0.15) is 13.2 Å². The second kappa shape index (κ2) is 9.86. The zero-order valence-corrected chi connectivity index (χ0v) is 20.5. The Morgan fingerprint density at radius 1 is 1.19 bits per heavy atom. The summed E-state index contributed by atoms with van der Waals surface area (Å²) < 4.78 is 50.8. The maximum Gasteiger partial charge on any atom is 0.416 e. The molecular formula is C27H26F3NO4S. The first-order valence-corrected chi connectivity index (χ1v) is 12.8. The van der Waals surface area contributed by atoms with Crippen LogP contribution in [0.4, 0.5) is 13.2 Å². The molecule has 9 heteroatoms. The van der Waals surface area contributed by atoms with Crippen molar-refractivity contribution >= 4 is 23.1 Å². The first kappa shape index (κ1) is 24.8. The van der Waals surface area contributed by atoms with Gasteiger partial charge in [-0.05, 0) is 55.3 Å². The minimum atomic E-state index is -4.49. The van der Waals surface area contributed by atoms with Crippen molar-refractivity contribution in [1.82, 2.24) is 5.32 Å². The number of ketones is 1. The highest BCUT2D eigenvalue weighted by Crippen LogP contribution is 2.46. The van der Waals surface area contributed by atoms with Gasteiger partial charge in [0.15, 0.2) is 5.78 Å². The topological polar surface area (TPSA) is 64.6 Å². The fourth-order valence-electron chi connectivity index (χ4n) is 5.25. The van der Waals surface area contributed by atoms with Gasteiger partial charge in [0, 0.05) is 46.7 Å². The van der Waals surface area contributed by atoms with Crippen LogP contribution in [0.3, 0.4) is 0 Å². The van der Waals surface area contributed by atoms with Crippen LogP contribution >= 0.6 is 11.3 Å². The Morgan fingerprint density at radius 2 is 1.97 bits per heavy atom. The molecule has 0 saturated carbocycles. The van der Waals surface area contributed by atoms with Crippen LogP contribution in [0.25, 0.3) is 0 Å². The van der Waals surface area contributed by atoms with Gasteiger partial charge in [0.2, 0.25) is 0 Å². The van der Waals surface area contributed by atoms with E-state index in [1.807, 2.05) is 17.5 Å². The average Bonchev–Trinajstić information content (AvgIpc) is 3.55. The van der Waals surface area contributed by atoms with E-state index < -0.39 is 23.6 Å². The number of nitrogens with one attached hydrogen (secondary N) is 1. The number of hydrogen-bond donors (Lipinski definition) is 1.